The number of nitrogens with zero attached hydrogens (tertiary/aromatic N) is 1. The molecule has 2 aromatic rings. The number of benzene rings is 1. The summed E-state index contributed by atoms with van der Waals surface area (Å²) in [4.78, 5) is 0. The quantitative estimate of drug-likeness (QED) is 0.686. The average Bonchev–Trinajstić information content (AvgIpc) is 2.52. The molecule has 1 aromatic carbocycles. The highest BCUT2D eigenvalue weighted by Crippen LogP contribution is 2.19. The van der Waals surface area contributed by atoms with Crippen LogP contribution < -0.4 is 0 Å². The van der Waals surface area contributed by atoms with Gasteiger partial charge < -0.3 is 0 Å². The first kappa shape index (κ1) is 7.35. The Bertz CT molecular complexity index is 406. The molecule has 12 heavy (non-hydrogen) atoms. The van der Waals surface area contributed by atoms with E-state index in [1.54, 1.807) is 0 Å². The fraction of sp³-hybridized carbons (Fsp3) is 0.300. The van der Waals surface area contributed by atoms with Gasteiger partial charge in [-0.15, -0.1) is 0 Å². The third-order valence-corrected chi connectivity index (χ3v) is 2.31. The summed E-state index contributed by atoms with van der Waals surface area (Å²) in [5, 5.41) is 8.26. The van der Waals surface area contributed by atoms with Crippen molar-refractivity contribution in [1.29, 1.82) is 0 Å². The fourth-order valence-electron chi connectivity index (χ4n) is 1.63. The van der Waals surface area contributed by atoms with Gasteiger partial charge in [0.2, 0.25) is 0 Å². The smallest absolute Gasteiger partial charge is 0.0684 e. The highest BCUT2D eigenvalue weighted by molar-refractivity contribution is 5.82. The predicted molar refractivity (Wildman–Crippen MR) is 52.3 cm³/mol. The lowest BCUT2D eigenvalue weighted by Gasteiger charge is -2.02. The zero-order chi connectivity index (χ0) is 8.55. The van der Waals surface area contributed by atoms with Crippen LogP contribution in [-0.4, -0.2) is 10.2 Å². The molecule has 1 N–H and O–H groups in total. The van der Waals surface area contributed by atoms with Crippen molar-refractivity contribution >= 4 is 10.9 Å². The molecule has 2 rings (SSSR count). The molecular formula is C10H14N2. The molecule has 0 aliphatic heterocycles. The van der Waals surface area contributed by atoms with E-state index in [9.17, 15) is 0 Å². The van der Waals surface area contributed by atoms with E-state index in [2.05, 4.69) is 36.2 Å². The second kappa shape index (κ2) is 2.63. The van der Waals surface area contributed by atoms with Crippen LogP contribution in [0.3, 0.4) is 0 Å². The van der Waals surface area contributed by atoms with Gasteiger partial charge >= 0.3 is 0 Å². The van der Waals surface area contributed by atoms with Crippen LogP contribution in [0.2, 0.25) is 0 Å². The van der Waals surface area contributed by atoms with Crippen LogP contribution in [0.1, 0.15) is 19.5 Å². The minimum Gasteiger partial charge on any atom is -0.278 e. The molecule has 0 unspecified atom stereocenters. The minimum absolute atomic E-state index is 0. The number of hydrogen-bond donors (Lipinski definition) is 1. The lowest BCUT2D eigenvalue weighted by molar-refractivity contribution is 1.08. The van der Waals surface area contributed by atoms with Gasteiger partial charge in [0, 0.05) is 6.81 Å². The van der Waals surface area contributed by atoms with Gasteiger partial charge in [-0.1, -0.05) is 19.1 Å². The molecular weight excluding hydrogens is 148 g/mol. The number of hydrogen-bond acceptors (Lipinski definition) is 1. The zero-order valence-electron chi connectivity index (χ0n) is 7.39. The molecule has 0 radical (unpaired) electrons. The van der Waals surface area contributed by atoms with Crippen LogP contribution in [0.25, 0.3) is 10.9 Å². The van der Waals surface area contributed by atoms with Crippen molar-refractivity contribution in [2.75, 3.05) is 0 Å². The van der Waals surface area contributed by atoms with E-state index in [-0.39, 0.29) is 1.43 Å². The van der Waals surface area contributed by atoms with Gasteiger partial charge in [-0.25, -0.2) is 0 Å². The van der Waals surface area contributed by atoms with Crippen LogP contribution in [0.4, 0.5) is 0 Å². The van der Waals surface area contributed by atoms with Crippen LogP contribution in [0.5, 0.6) is 0 Å². The lowest BCUT2D eigenvalue weighted by atomic mass is 10.0. The number of nitrogens with one attached hydrogen (secondary N) is 1. The van der Waals surface area contributed by atoms with Crippen molar-refractivity contribution in [2.45, 2.75) is 20.3 Å². The highest BCUT2D eigenvalue weighted by atomic mass is 15.1. The molecule has 0 aliphatic rings. The van der Waals surface area contributed by atoms with Crippen molar-refractivity contribution < 1.29 is 1.43 Å². The van der Waals surface area contributed by atoms with Gasteiger partial charge in [0.15, 0.2) is 0 Å². The van der Waals surface area contributed by atoms with Crippen LogP contribution in [-0.2, 0) is 6.42 Å². The number of aryl methyl sites for hydroxylation is 2. The molecule has 0 aliphatic carbocycles. The molecule has 2 heteroatoms. The average molecular weight is 162 g/mol. The molecule has 0 saturated carbocycles. The Kier molecular flexibility index (Phi) is 1.61. The first-order valence-electron chi connectivity index (χ1n) is 4.24. The zero-order valence-corrected chi connectivity index (χ0v) is 7.39. The summed E-state index contributed by atoms with van der Waals surface area (Å²) in [6.07, 6.45) is 2.93. The number of fused-ring (bicyclic) bond motifs is 1. The lowest BCUT2D eigenvalue weighted by Crippen LogP contribution is -1.87. The van der Waals surface area contributed by atoms with Crippen molar-refractivity contribution in [2.24, 2.45) is 0 Å². The minimum atomic E-state index is 0. The first-order chi connectivity index (χ1) is 5.83. The van der Waals surface area contributed by atoms with Crippen molar-refractivity contribution in [3.63, 3.8) is 0 Å². The van der Waals surface area contributed by atoms with E-state index in [0.29, 0.717) is 0 Å². The highest BCUT2D eigenvalue weighted by Gasteiger charge is 2.03. The molecule has 0 saturated heterocycles. The normalized spacial score (nSPS) is 10.8. The molecule has 0 spiro atoms. The molecule has 2 nitrogen and oxygen atoms in total. The first-order valence-corrected chi connectivity index (χ1v) is 4.24. The standard InChI is InChI=1S/C10H12N2.H2/c1-3-9-7(2)4-5-8-6-11-12-10(8)9;/h4-6H,3H2,1-2H3,(H,11,12);1H. The van der Waals surface area contributed by atoms with Crippen LogP contribution in [0, 0.1) is 6.92 Å². The van der Waals surface area contributed by atoms with E-state index in [0.717, 1.165) is 6.42 Å². The maximum atomic E-state index is 4.03. The number of aromatic nitrogens is 2. The monoisotopic (exact) mass is 162 g/mol. The summed E-state index contributed by atoms with van der Waals surface area (Å²) in [6.45, 7) is 4.31. The van der Waals surface area contributed by atoms with E-state index < -0.39 is 0 Å². The molecule has 0 fully saturated rings. The van der Waals surface area contributed by atoms with Gasteiger partial charge in [-0.05, 0) is 24.5 Å². The Labute approximate surface area is 73.1 Å². The summed E-state index contributed by atoms with van der Waals surface area (Å²) in [6, 6.07) is 4.25. The van der Waals surface area contributed by atoms with Crippen LogP contribution in [0.15, 0.2) is 18.3 Å². The van der Waals surface area contributed by atoms with Gasteiger partial charge in [0.1, 0.15) is 0 Å². The van der Waals surface area contributed by atoms with Crippen molar-refractivity contribution in [3.05, 3.63) is 29.5 Å². The van der Waals surface area contributed by atoms with E-state index in [4.69, 9.17) is 0 Å². The van der Waals surface area contributed by atoms with Gasteiger partial charge in [0.25, 0.3) is 0 Å². The number of H-pyrrole nitrogens is 1. The largest absolute Gasteiger partial charge is 0.278 e. The summed E-state index contributed by atoms with van der Waals surface area (Å²) in [5.74, 6) is 0. The SMILES string of the molecule is CCc1c(C)ccc2cn[nH]c12.[HH]. The third kappa shape index (κ3) is 0.916. The van der Waals surface area contributed by atoms with Crippen LogP contribution >= 0.6 is 0 Å². The van der Waals surface area contributed by atoms with E-state index >= 15 is 0 Å². The fourth-order valence-corrected chi connectivity index (χ4v) is 1.63. The molecule has 64 valence electrons. The molecule has 0 amide bonds. The molecule has 0 atom stereocenters. The summed E-state index contributed by atoms with van der Waals surface area (Å²) >= 11 is 0. The van der Waals surface area contributed by atoms with E-state index in [1.807, 2.05) is 6.20 Å². The Hall–Kier alpha value is -1.31. The van der Waals surface area contributed by atoms with E-state index in [1.165, 1.54) is 22.0 Å². The maximum absolute atomic E-state index is 4.03. The topological polar surface area (TPSA) is 28.7 Å². The Balaban J connectivity index is 0.000000845. The molecule has 1 heterocycles. The van der Waals surface area contributed by atoms with Gasteiger partial charge in [-0.2, -0.15) is 5.10 Å². The van der Waals surface area contributed by atoms with Crippen molar-refractivity contribution in [3.8, 4) is 0 Å². The second-order valence-electron chi connectivity index (χ2n) is 3.05. The third-order valence-electron chi connectivity index (χ3n) is 2.31. The van der Waals surface area contributed by atoms with Gasteiger partial charge in [-0.3, -0.25) is 5.10 Å². The Morgan fingerprint density at radius 1 is 1.50 bits per heavy atom. The number of rotatable bonds is 1. The van der Waals surface area contributed by atoms with Crippen molar-refractivity contribution in [1.82, 2.24) is 10.2 Å². The second-order valence-corrected chi connectivity index (χ2v) is 3.05. The van der Waals surface area contributed by atoms with Gasteiger partial charge in [0.05, 0.1) is 11.7 Å². The maximum Gasteiger partial charge on any atom is 0.0684 e. The Morgan fingerprint density at radius 3 is 3.08 bits per heavy atom. The number of aromatic amines is 1. The molecule has 1 aromatic heterocycles. The summed E-state index contributed by atoms with van der Waals surface area (Å²) in [5.41, 5.74) is 3.91. The Morgan fingerprint density at radius 2 is 2.33 bits per heavy atom. The molecule has 0 bridgehead atoms. The predicted octanol–water partition coefficient (Wildman–Crippen LogP) is 2.68. The summed E-state index contributed by atoms with van der Waals surface area (Å²) in [7, 11) is 0. The summed E-state index contributed by atoms with van der Waals surface area (Å²) < 4.78 is 0.